The van der Waals surface area contributed by atoms with Crippen LogP contribution in [0.3, 0.4) is 0 Å². The molecule has 0 spiro atoms. The Morgan fingerprint density at radius 2 is 1.61 bits per heavy atom. The second-order valence-electron chi connectivity index (χ2n) is 9.17. The first kappa shape index (κ1) is 23.5. The number of carbonyl (C=O) groups excluding carboxylic acids is 3. The molecule has 182 valence electrons. The molecule has 0 saturated heterocycles. The Labute approximate surface area is 210 Å². The summed E-state index contributed by atoms with van der Waals surface area (Å²) >= 11 is 0. The Morgan fingerprint density at radius 3 is 2.31 bits per heavy atom. The van der Waals surface area contributed by atoms with E-state index in [1.807, 2.05) is 61.5 Å². The number of nitrogens with two attached hydrogens (primary N) is 1. The number of rotatable bonds is 6. The van der Waals surface area contributed by atoms with Crippen molar-refractivity contribution >= 4 is 23.3 Å². The molecule has 6 heteroatoms. The summed E-state index contributed by atoms with van der Waals surface area (Å²) in [5, 5.41) is 0. The smallest absolute Gasteiger partial charge is 0.248 e. The van der Waals surface area contributed by atoms with Gasteiger partial charge in [-0.1, -0.05) is 48.5 Å². The highest BCUT2D eigenvalue weighted by molar-refractivity contribution is 6.08. The number of para-hydroxylation sites is 1. The topological polar surface area (TPSA) is 89.7 Å². The van der Waals surface area contributed by atoms with Crippen LogP contribution in [0.5, 0.6) is 5.75 Å². The van der Waals surface area contributed by atoms with Crippen LogP contribution in [-0.4, -0.2) is 24.2 Å². The van der Waals surface area contributed by atoms with Gasteiger partial charge in [-0.25, -0.2) is 0 Å². The summed E-state index contributed by atoms with van der Waals surface area (Å²) in [6.45, 7) is 2.41. The molecular weight excluding hydrogens is 452 g/mol. The third-order valence-electron chi connectivity index (χ3n) is 7.00. The Hall–Kier alpha value is -4.19. The third kappa shape index (κ3) is 4.31. The molecule has 0 fully saturated rings. The Morgan fingerprint density at radius 1 is 0.917 bits per heavy atom. The minimum absolute atomic E-state index is 0.0291. The van der Waals surface area contributed by atoms with Crippen LogP contribution in [0.15, 0.2) is 90.1 Å². The Bertz CT molecular complexity index is 1340. The monoisotopic (exact) mass is 480 g/mol. The molecule has 2 atom stereocenters. The predicted octanol–water partition coefficient (Wildman–Crippen LogP) is 5.11. The van der Waals surface area contributed by atoms with Gasteiger partial charge in [0.15, 0.2) is 5.78 Å². The zero-order valence-electron chi connectivity index (χ0n) is 20.1. The van der Waals surface area contributed by atoms with E-state index in [0.717, 1.165) is 16.8 Å². The van der Waals surface area contributed by atoms with E-state index in [1.54, 1.807) is 29.2 Å². The summed E-state index contributed by atoms with van der Waals surface area (Å²) in [7, 11) is 0. The van der Waals surface area contributed by atoms with Gasteiger partial charge in [-0.15, -0.1) is 0 Å². The van der Waals surface area contributed by atoms with E-state index in [2.05, 4.69) is 0 Å². The minimum atomic E-state index is -0.531. The highest BCUT2D eigenvalue weighted by Gasteiger charge is 2.43. The highest BCUT2D eigenvalue weighted by Crippen LogP contribution is 2.48. The molecule has 0 radical (unpaired) electrons. The van der Waals surface area contributed by atoms with Crippen molar-refractivity contribution in [1.29, 1.82) is 0 Å². The van der Waals surface area contributed by atoms with Crippen molar-refractivity contribution in [3.63, 3.8) is 0 Å². The first-order valence-electron chi connectivity index (χ1n) is 12.2. The number of allylic oxidation sites excluding steroid dienone is 2. The maximum atomic E-state index is 13.8. The number of benzene rings is 3. The summed E-state index contributed by atoms with van der Waals surface area (Å²) < 4.78 is 5.88. The molecular formula is C30H28N2O4. The second kappa shape index (κ2) is 9.82. The molecule has 1 aliphatic carbocycles. The molecule has 0 bridgehead atoms. The van der Waals surface area contributed by atoms with Gasteiger partial charge in [0.25, 0.3) is 0 Å². The second-order valence-corrected chi connectivity index (χ2v) is 9.17. The number of hydrogen-bond donors (Lipinski definition) is 1. The van der Waals surface area contributed by atoms with Crippen LogP contribution in [0.4, 0.5) is 5.69 Å². The van der Waals surface area contributed by atoms with Gasteiger partial charge in [0.1, 0.15) is 5.75 Å². The van der Waals surface area contributed by atoms with Gasteiger partial charge >= 0.3 is 0 Å². The molecule has 3 aromatic carbocycles. The zero-order valence-corrected chi connectivity index (χ0v) is 20.1. The predicted molar refractivity (Wildman–Crippen MR) is 138 cm³/mol. The molecule has 2 aliphatic rings. The molecule has 5 rings (SSSR count). The number of anilines is 1. The number of amides is 2. The van der Waals surface area contributed by atoms with Gasteiger partial charge in [0, 0.05) is 46.8 Å². The quantitative estimate of drug-likeness (QED) is 0.531. The van der Waals surface area contributed by atoms with E-state index in [1.165, 1.54) is 0 Å². The molecule has 2 N–H and O–H groups in total. The molecule has 2 amide bonds. The lowest BCUT2D eigenvalue weighted by Gasteiger charge is -2.40. The van der Waals surface area contributed by atoms with Crippen molar-refractivity contribution in [2.24, 2.45) is 5.73 Å². The fourth-order valence-electron chi connectivity index (χ4n) is 5.39. The lowest BCUT2D eigenvalue weighted by Crippen LogP contribution is -2.42. The first-order valence-corrected chi connectivity index (χ1v) is 12.2. The van der Waals surface area contributed by atoms with E-state index in [4.69, 9.17) is 10.5 Å². The van der Waals surface area contributed by atoms with Gasteiger partial charge in [0.05, 0.1) is 6.61 Å². The average molecular weight is 481 g/mol. The summed E-state index contributed by atoms with van der Waals surface area (Å²) in [5.41, 5.74) is 9.72. The number of primary amides is 1. The fourth-order valence-corrected chi connectivity index (χ4v) is 5.39. The fraction of sp³-hybridized carbons (Fsp3) is 0.233. The number of nitrogens with zero attached hydrogens (tertiary/aromatic N) is 1. The molecule has 2 unspecified atom stereocenters. The Balaban J connectivity index is 1.65. The summed E-state index contributed by atoms with van der Waals surface area (Å²) in [6, 6.07) is 24.3. The van der Waals surface area contributed by atoms with E-state index < -0.39 is 5.91 Å². The standard InChI is InChI=1S/C30H28N2O4/c1-2-36-27-11-7-6-10-23(27)24-18-28(34)32(22-14-12-20(13-15-22)30(31)35)25-16-21(17-26(33)29(24)25)19-8-4-3-5-9-19/h3-15,21,24H,2,16-18H2,1H3,(H2,31,35). The van der Waals surface area contributed by atoms with Crippen LogP contribution < -0.4 is 15.4 Å². The zero-order chi connectivity index (χ0) is 25.2. The summed E-state index contributed by atoms with van der Waals surface area (Å²) in [6.07, 6.45) is 1.10. The molecule has 0 saturated carbocycles. The Kier molecular flexibility index (Phi) is 6.42. The normalized spacial score (nSPS) is 19.8. The van der Waals surface area contributed by atoms with Crippen LogP contribution in [0.1, 0.15) is 59.5 Å². The van der Waals surface area contributed by atoms with E-state index in [-0.39, 0.29) is 29.9 Å². The van der Waals surface area contributed by atoms with E-state index in [0.29, 0.717) is 42.0 Å². The van der Waals surface area contributed by atoms with Gasteiger partial charge in [-0.3, -0.25) is 19.3 Å². The summed E-state index contributed by atoms with van der Waals surface area (Å²) in [5.74, 6) is -0.289. The summed E-state index contributed by atoms with van der Waals surface area (Å²) in [4.78, 5) is 40.8. The van der Waals surface area contributed by atoms with Gasteiger partial charge in [-0.05, 0) is 55.2 Å². The van der Waals surface area contributed by atoms with Crippen LogP contribution in [-0.2, 0) is 9.59 Å². The van der Waals surface area contributed by atoms with Crippen molar-refractivity contribution in [1.82, 2.24) is 0 Å². The number of Topliss-reactive ketones (excluding diaryl/α,β-unsaturated/α-hetero) is 1. The van der Waals surface area contributed by atoms with Crippen molar-refractivity contribution in [3.05, 3.63) is 107 Å². The minimum Gasteiger partial charge on any atom is -0.494 e. The molecule has 1 aliphatic heterocycles. The number of carbonyl (C=O) groups is 3. The molecule has 3 aromatic rings. The van der Waals surface area contributed by atoms with E-state index in [9.17, 15) is 14.4 Å². The largest absolute Gasteiger partial charge is 0.494 e. The van der Waals surface area contributed by atoms with Gasteiger partial charge in [-0.2, -0.15) is 0 Å². The third-order valence-corrected chi connectivity index (χ3v) is 7.00. The number of ether oxygens (including phenoxy) is 1. The molecule has 36 heavy (non-hydrogen) atoms. The van der Waals surface area contributed by atoms with E-state index >= 15 is 0 Å². The lowest BCUT2D eigenvalue weighted by molar-refractivity contribution is -0.120. The lowest BCUT2D eigenvalue weighted by atomic mass is 9.72. The highest BCUT2D eigenvalue weighted by atomic mass is 16.5. The van der Waals surface area contributed by atoms with Crippen molar-refractivity contribution in [2.45, 2.75) is 38.0 Å². The van der Waals surface area contributed by atoms with Gasteiger partial charge < -0.3 is 10.5 Å². The van der Waals surface area contributed by atoms with Crippen LogP contribution in [0.25, 0.3) is 0 Å². The number of ketones is 1. The first-order chi connectivity index (χ1) is 17.5. The molecule has 1 heterocycles. The maximum Gasteiger partial charge on any atom is 0.248 e. The maximum absolute atomic E-state index is 13.8. The van der Waals surface area contributed by atoms with Gasteiger partial charge in [0.2, 0.25) is 11.8 Å². The average Bonchev–Trinajstić information content (AvgIpc) is 2.89. The molecule has 6 nitrogen and oxygen atoms in total. The van der Waals surface area contributed by atoms with Crippen LogP contribution in [0.2, 0.25) is 0 Å². The van der Waals surface area contributed by atoms with Crippen molar-refractivity contribution < 1.29 is 19.1 Å². The van der Waals surface area contributed by atoms with Crippen LogP contribution in [0, 0.1) is 0 Å². The van der Waals surface area contributed by atoms with Crippen molar-refractivity contribution in [3.8, 4) is 5.75 Å². The van der Waals surface area contributed by atoms with Crippen LogP contribution >= 0.6 is 0 Å². The van der Waals surface area contributed by atoms with Crippen molar-refractivity contribution in [2.75, 3.05) is 11.5 Å². The number of hydrogen-bond acceptors (Lipinski definition) is 4. The molecule has 0 aromatic heterocycles. The SMILES string of the molecule is CCOc1ccccc1C1CC(=O)N(c2ccc(C(N)=O)cc2)C2=C1C(=O)CC(c1ccccc1)C2.